The predicted molar refractivity (Wildman–Crippen MR) is 37.3 cm³/mol. The molecule has 5 nitrogen and oxygen atoms in total. The third kappa shape index (κ3) is 9.19. The van der Waals surface area contributed by atoms with E-state index >= 15 is 0 Å². The van der Waals surface area contributed by atoms with Crippen LogP contribution in [0, 0.1) is 0 Å². The highest BCUT2D eigenvalue weighted by molar-refractivity contribution is 5.54. The fourth-order valence-electron chi connectivity index (χ4n) is 0.739. The Labute approximate surface area is 71.3 Å². The molecule has 0 fully saturated rings. The number of aliphatic hydroxyl groups excluding tert-OH is 1. The molecule has 5 heteroatoms. The average molecular weight is 177 g/mol. The van der Waals surface area contributed by atoms with E-state index in [2.05, 4.69) is 4.74 Å². The van der Waals surface area contributed by atoms with Crippen molar-refractivity contribution >= 4 is 6.16 Å². The Kier molecular flexibility index (Phi) is 9.50. The Bertz CT molecular complexity index is 114. The number of hydrogen-bond acceptors (Lipinski definition) is 4. The quantitative estimate of drug-likeness (QED) is 0.366. The number of carbonyl (C=O) groups is 1. The van der Waals surface area contributed by atoms with Gasteiger partial charge in [0, 0.05) is 0 Å². The van der Waals surface area contributed by atoms with E-state index in [9.17, 15) is 9.90 Å². The molecule has 0 aliphatic carbocycles. The van der Waals surface area contributed by atoms with Crippen LogP contribution in [0.5, 0.6) is 0 Å². The van der Waals surface area contributed by atoms with Crippen molar-refractivity contribution in [2.24, 2.45) is 0 Å². The smallest absolute Gasteiger partial charge is 0.254 e. The molecule has 0 spiro atoms. The van der Waals surface area contributed by atoms with Crippen LogP contribution in [0.15, 0.2) is 0 Å². The SMILES string of the molecule is CCCCCC(O)OC(=O)[O-].[O-2]. The van der Waals surface area contributed by atoms with E-state index in [-0.39, 0.29) is 5.48 Å². The second kappa shape index (κ2) is 8.29. The summed E-state index contributed by atoms with van der Waals surface area (Å²) in [6, 6.07) is 0. The maximum atomic E-state index is 9.75. The summed E-state index contributed by atoms with van der Waals surface area (Å²) in [5.41, 5.74) is 0. The van der Waals surface area contributed by atoms with E-state index in [4.69, 9.17) is 5.11 Å². The lowest BCUT2D eigenvalue weighted by atomic mass is 10.2. The van der Waals surface area contributed by atoms with Crippen molar-refractivity contribution in [3.8, 4) is 0 Å². The fourth-order valence-corrected chi connectivity index (χ4v) is 0.739. The molecule has 0 aromatic heterocycles. The first-order valence-corrected chi connectivity index (χ1v) is 3.72. The second-order valence-corrected chi connectivity index (χ2v) is 2.32. The third-order valence-corrected chi connectivity index (χ3v) is 1.29. The molecule has 0 aliphatic rings. The molecule has 0 heterocycles. The molecule has 1 atom stereocenters. The number of aliphatic hydroxyl groups is 1. The summed E-state index contributed by atoms with van der Waals surface area (Å²) in [4.78, 5) is 9.75. The Morgan fingerprint density at radius 1 is 1.58 bits per heavy atom. The minimum absolute atomic E-state index is 0. The van der Waals surface area contributed by atoms with Gasteiger partial charge in [0.1, 0.15) is 6.29 Å². The van der Waals surface area contributed by atoms with E-state index in [0.717, 1.165) is 19.3 Å². The van der Waals surface area contributed by atoms with Crippen LogP contribution in [-0.2, 0) is 10.2 Å². The van der Waals surface area contributed by atoms with E-state index in [0.29, 0.717) is 6.42 Å². The highest BCUT2D eigenvalue weighted by Crippen LogP contribution is 2.03. The van der Waals surface area contributed by atoms with Crippen LogP contribution in [0.4, 0.5) is 4.79 Å². The van der Waals surface area contributed by atoms with Gasteiger partial charge in [0.05, 0.1) is 0 Å². The highest BCUT2D eigenvalue weighted by atomic mass is 16.7. The topological polar surface area (TPSA) is 98.1 Å². The summed E-state index contributed by atoms with van der Waals surface area (Å²) in [5.74, 6) is 0. The van der Waals surface area contributed by atoms with Gasteiger partial charge in [-0.25, -0.2) is 0 Å². The number of carboxylic acid groups (broad SMARTS) is 1. The van der Waals surface area contributed by atoms with Gasteiger partial charge in [0.2, 0.25) is 0 Å². The van der Waals surface area contributed by atoms with Crippen LogP contribution in [0.25, 0.3) is 0 Å². The lowest BCUT2D eigenvalue weighted by molar-refractivity contribution is -0.298. The molecule has 1 N–H and O–H groups in total. The van der Waals surface area contributed by atoms with Crippen molar-refractivity contribution in [2.75, 3.05) is 0 Å². The molecular formula is C7H13O5-3. The average Bonchev–Trinajstić information content (AvgIpc) is 1.86. The van der Waals surface area contributed by atoms with Gasteiger partial charge in [-0.3, -0.25) is 0 Å². The maximum absolute atomic E-state index is 9.75. The molecule has 0 aromatic carbocycles. The third-order valence-electron chi connectivity index (χ3n) is 1.29. The predicted octanol–water partition coefficient (Wildman–Crippen LogP) is 0.126. The van der Waals surface area contributed by atoms with Gasteiger partial charge in [-0.1, -0.05) is 19.8 Å². The summed E-state index contributed by atoms with van der Waals surface area (Å²) >= 11 is 0. The van der Waals surface area contributed by atoms with Crippen molar-refractivity contribution in [2.45, 2.75) is 38.9 Å². The first-order valence-electron chi connectivity index (χ1n) is 3.72. The van der Waals surface area contributed by atoms with Crippen molar-refractivity contribution in [3.63, 3.8) is 0 Å². The van der Waals surface area contributed by atoms with Crippen molar-refractivity contribution in [1.29, 1.82) is 0 Å². The van der Waals surface area contributed by atoms with Crippen molar-refractivity contribution in [3.05, 3.63) is 0 Å². The largest absolute Gasteiger partial charge is 2.00 e. The summed E-state index contributed by atoms with van der Waals surface area (Å²) in [7, 11) is 0. The van der Waals surface area contributed by atoms with Crippen molar-refractivity contribution in [1.82, 2.24) is 0 Å². The normalized spacial score (nSPS) is 11.5. The van der Waals surface area contributed by atoms with E-state index in [1.807, 2.05) is 6.92 Å². The fraction of sp³-hybridized carbons (Fsp3) is 0.857. The van der Waals surface area contributed by atoms with Gasteiger partial charge in [0.15, 0.2) is 0 Å². The van der Waals surface area contributed by atoms with Crippen molar-refractivity contribution < 1.29 is 25.2 Å². The Morgan fingerprint density at radius 3 is 2.58 bits per heavy atom. The first-order chi connectivity index (χ1) is 5.16. The van der Waals surface area contributed by atoms with Gasteiger partial charge in [0.25, 0.3) is 6.16 Å². The van der Waals surface area contributed by atoms with Crippen LogP contribution in [-0.4, -0.2) is 17.6 Å². The minimum atomic E-state index is -1.67. The van der Waals surface area contributed by atoms with E-state index in [1.165, 1.54) is 0 Å². The molecule has 0 saturated heterocycles. The van der Waals surface area contributed by atoms with Gasteiger partial charge in [-0.2, -0.15) is 0 Å². The van der Waals surface area contributed by atoms with Crippen LogP contribution in [0.2, 0.25) is 0 Å². The molecule has 0 aromatic rings. The van der Waals surface area contributed by atoms with Crippen LogP contribution < -0.4 is 5.11 Å². The standard InChI is InChI=1S/C7H14O4.O/c1-2-3-4-5-6(8)11-7(9)10;/h6,8H,2-5H2,1H3,(H,9,10);/q;-2/p-1. The molecule has 0 amide bonds. The zero-order chi connectivity index (χ0) is 8.69. The number of rotatable bonds is 5. The zero-order valence-electron chi connectivity index (χ0n) is 6.99. The van der Waals surface area contributed by atoms with Gasteiger partial charge < -0.3 is 25.2 Å². The number of hydrogen-bond donors (Lipinski definition) is 1. The second-order valence-electron chi connectivity index (χ2n) is 2.32. The number of ether oxygens (including phenoxy) is 1. The lowest BCUT2D eigenvalue weighted by Gasteiger charge is -2.15. The molecular weight excluding hydrogens is 164 g/mol. The molecule has 1 unspecified atom stereocenters. The summed E-state index contributed by atoms with van der Waals surface area (Å²) in [6.45, 7) is 2.02. The minimum Gasteiger partial charge on any atom is -2.00 e. The number of unbranched alkanes of at least 4 members (excludes halogenated alkanes) is 2. The van der Waals surface area contributed by atoms with Gasteiger partial charge in [-0.05, 0) is 12.8 Å². The molecule has 0 aliphatic heterocycles. The first kappa shape index (κ1) is 13.8. The highest BCUT2D eigenvalue weighted by Gasteiger charge is 1.99. The monoisotopic (exact) mass is 177 g/mol. The van der Waals surface area contributed by atoms with Crippen LogP contribution in [0.3, 0.4) is 0 Å². The molecule has 12 heavy (non-hydrogen) atoms. The van der Waals surface area contributed by atoms with Crippen LogP contribution in [0.1, 0.15) is 32.6 Å². The molecule has 0 rings (SSSR count). The summed E-state index contributed by atoms with van der Waals surface area (Å²) in [5, 5.41) is 18.6. The molecule has 0 bridgehead atoms. The van der Waals surface area contributed by atoms with E-state index in [1.54, 1.807) is 0 Å². The van der Waals surface area contributed by atoms with Gasteiger partial charge >= 0.3 is 0 Å². The molecule has 0 radical (unpaired) electrons. The Balaban J connectivity index is 0. The summed E-state index contributed by atoms with van der Waals surface area (Å²) < 4.78 is 3.96. The zero-order valence-corrected chi connectivity index (χ0v) is 6.99. The Hall–Kier alpha value is -0.810. The van der Waals surface area contributed by atoms with Gasteiger partial charge in [-0.15, -0.1) is 0 Å². The van der Waals surface area contributed by atoms with E-state index < -0.39 is 12.4 Å². The van der Waals surface area contributed by atoms with Crippen LogP contribution >= 0.6 is 0 Å². The summed E-state index contributed by atoms with van der Waals surface area (Å²) in [6.07, 6.45) is 0.221. The Morgan fingerprint density at radius 2 is 2.17 bits per heavy atom. The lowest BCUT2D eigenvalue weighted by Crippen LogP contribution is -2.29. The number of carbonyl (C=O) groups excluding carboxylic acids is 1. The molecule has 74 valence electrons. The maximum Gasteiger partial charge on any atom is 0.254 e. The molecule has 0 saturated carbocycles.